The molecule has 0 fully saturated rings. The van der Waals surface area contributed by atoms with Gasteiger partial charge < -0.3 is 10.6 Å². The maximum atomic E-state index is 5.94. The van der Waals surface area contributed by atoms with Gasteiger partial charge in [0.2, 0.25) is 0 Å². The highest BCUT2D eigenvalue weighted by Crippen LogP contribution is 2.26. The molecule has 1 atom stereocenters. The third-order valence-corrected chi connectivity index (χ3v) is 3.00. The first-order valence-electron chi connectivity index (χ1n) is 4.92. The van der Waals surface area contributed by atoms with Gasteiger partial charge in [0, 0.05) is 25.3 Å². The maximum Gasteiger partial charge on any atom is 0.0612 e. The summed E-state index contributed by atoms with van der Waals surface area (Å²) in [6.07, 6.45) is 0.955. The number of hydrogen-bond acceptors (Lipinski definition) is 2. The molecule has 2 nitrogen and oxygen atoms in total. The van der Waals surface area contributed by atoms with Crippen molar-refractivity contribution in [3.8, 4) is 0 Å². The summed E-state index contributed by atoms with van der Waals surface area (Å²) in [5.74, 6) is 0. The van der Waals surface area contributed by atoms with Crippen LogP contribution in [-0.4, -0.2) is 19.6 Å². The number of nitrogens with two attached hydrogens (primary N) is 1. The molecule has 0 aliphatic heterocycles. The van der Waals surface area contributed by atoms with Gasteiger partial charge in [-0.05, 0) is 31.5 Å². The molecule has 0 radical (unpaired) electrons. The van der Waals surface area contributed by atoms with Gasteiger partial charge in [-0.25, -0.2) is 0 Å². The van der Waals surface area contributed by atoms with Crippen LogP contribution in [0.2, 0.25) is 10.0 Å². The van der Waals surface area contributed by atoms with Gasteiger partial charge in [-0.3, -0.25) is 0 Å². The molecule has 0 heterocycles. The Kier molecular flexibility index (Phi) is 4.71. The molecule has 0 saturated carbocycles. The summed E-state index contributed by atoms with van der Waals surface area (Å²) in [6, 6.07) is 5.84. The average Bonchev–Trinajstić information content (AvgIpc) is 2.18. The summed E-state index contributed by atoms with van der Waals surface area (Å²) in [6.45, 7) is 2.91. The maximum absolute atomic E-state index is 5.94. The molecule has 0 spiro atoms. The van der Waals surface area contributed by atoms with Crippen molar-refractivity contribution in [3.05, 3.63) is 28.2 Å². The summed E-state index contributed by atoms with van der Waals surface area (Å²) in [7, 11) is 2.02. The van der Waals surface area contributed by atoms with Gasteiger partial charge in [0.1, 0.15) is 0 Å². The van der Waals surface area contributed by atoms with Gasteiger partial charge in [0.05, 0.1) is 10.0 Å². The fraction of sp³-hybridized carbons (Fsp3) is 0.455. The predicted molar refractivity (Wildman–Crippen MR) is 68.0 cm³/mol. The monoisotopic (exact) mass is 246 g/mol. The highest BCUT2D eigenvalue weighted by molar-refractivity contribution is 6.42. The lowest BCUT2D eigenvalue weighted by atomic mass is 10.2. The van der Waals surface area contributed by atoms with Crippen LogP contribution in [0.15, 0.2) is 18.2 Å². The third kappa shape index (κ3) is 3.90. The standard InChI is InChI=1S/C11H16Cl2N2/c1-8(14)5-6-15(2)9-3-4-10(12)11(13)7-9/h3-4,7-8H,5-6,14H2,1-2H3. The van der Waals surface area contributed by atoms with E-state index >= 15 is 0 Å². The molecular weight excluding hydrogens is 231 g/mol. The second-order valence-electron chi connectivity index (χ2n) is 3.79. The van der Waals surface area contributed by atoms with Crippen molar-refractivity contribution in [1.82, 2.24) is 0 Å². The Morgan fingerprint density at radius 2 is 2.00 bits per heavy atom. The molecule has 0 amide bonds. The Bertz CT molecular complexity index is 326. The van der Waals surface area contributed by atoms with Crippen LogP contribution in [-0.2, 0) is 0 Å². The minimum Gasteiger partial charge on any atom is -0.374 e. The molecule has 0 aromatic heterocycles. The zero-order chi connectivity index (χ0) is 11.4. The molecule has 0 aliphatic carbocycles. The molecular formula is C11H16Cl2N2. The molecule has 1 aromatic rings. The van der Waals surface area contributed by atoms with E-state index < -0.39 is 0 Å². The number of halogens is 2. The summed E-state index contributed by atoms with van der Waals surface area (Å²) >= 11 is 11.8. The minimum absolute atomic E-state index is 0.218. The fourth-order valence-electron chi connectivity index (χ4n) is 1.25. The Hall–Kier alpha value is -0.440. The van der Waals surface area contributed by atoms with E-state index in [-0.39, 0.29) is 6.04 Å². The van der Waals surface area contributed by atoms with Crippen molar-refractivity contribution in [2.45, 2.75) is 19.4 Å². The zero-order valence-corrected chi connectivity index (χ0v) is 10.5. The predicted octanol–water partition coefficient (Wildman–Crippen LogP) is 3.17. The van der Waals surface area contributed by atoms with E-state index in [1.807, 2.05) is 32.2 Å². The molecule has 0 saturated heterocycles. The number of benzene rings is 1. The van der Waals surface area contributed by atoms with E-state index in [4.69, 9.17) is 28.9 Å². The van der Waals surface area contributed by atoms with Crippen molar-refractivity contribution >= 4 is 28.9 Å². The van der Waals surface area contributed by atoms with E-state index in [1.165, 1.54) is 0 Å². The number of rotatable bonds is 4. The van der Waals surface area contributed by atoms with Gasteiger partial charge in [0.15, 0.2) is 0 Å². The zero-order valence-electron chi connectivity index (χ0n) is 9.00. The van der Waals surface area contributed by atoms with E-state index in [2.05, 4.69) is 4.90 Å². The van der Waals surface area contributed by atoms with Crippen molar-refractivity contribution in [3.63, 3.8) is 0 Å². The van der Waals surface area contributed by atoms with Gasteiger partial charge >= 0.3 is 0 Å². The first-order chi connectivity index (χ1) is 7.00. The van der Waals surface area contributed by atoms with Crippen molar-refractivity contribution in [2.24, 2.45) is 5.73 Å². The topological polar surface area (TPSA) is 29.3 Å². The second-order valence-corrected chi connectivity index (χ2v) is 4.60. The Morgan fingerprint density at radius 1 is 1.33 bits per heavy atom. The average molecular weight is 247 g/mol. The van der Waals surface area contributed by atoms with E-state index in [1.54, 1.807) is 0 Å². The number of hydrogen-bond donors (Lipinski definition) is 1. The first-order valence-corrected chi connectivity index (χ1v) is 5.68. The quantitative estimate of drug-likeness (QED) is 0.885. The minimum atomic E-state index is 0.218. The van der Waals surface area contributed by atoms with Crippen LogP contribution in [0, 0.1) is 0 Å². The van der Waals surface area contributed by atoms with Crippen LogP contribution in [0.3, 0.4) is 0 Å². The SMILES string of the molecule is CC(N)CCN(C)c1ccc(Cl)c(Cl)c1. The van der Waals surface area contributed by atoms with Crippen molar-refractivity contribution in [1.29, 1.82) is 0 Å². The van der Waals surface area contributed by atoms with Crippen LogP contribution < -0.4 is 10.6 Å². The van der Waals surface area contributed by atoms with Crippen LogP contribution in [0.25, 0.3) is 0 Å². The fourth-order valence-corrected chi connectivity index (χ4v) is 1.54. The van der Waals surface area contributed by atoms with Crippen LogP contribution in [0.1, 0.15) is 13.3 Å². The largest absolute Gasteiger partial charge is 0.374 e. The molecule has 1 rings (SSSR count). The molecule has 0 bridgehead atoms. The van der Waals surface area contributed by atoms with Gasteiger partial charge in [-0.2, -0.15) is 0 Å². The van der Waals surface area contributed by atoms with E-state index in [0.29, 0.717) is 10.0 Å². The number of nitrogens with zero attached hydrogens (tertiary/aromatic N) is 1. The van der Waals surface area contributed by atoms with Crippen LogP contribution >= 0.6 is 23.2 Å². The lowest BCUT2D eigenvalue weighted by Crippen LogP contribution is -2.25. The van der Waals surface area contributed by atoms with E-state index in [0.717, 1.165) is 18.7 Å². The lowest BCUT2D eigenvalue weighted by Gasteiger charge is -2.20. The second kappa shape index (κ2) is 5.59. The molecule has 15 heavy (non-hydrogen) atoms. The summed E-state index contributed by atoms with van der Waals surface area (Å²) in [5.41, 5.74) is 6.76. The van der Waals surface area contributed by atoms with E-state index in [9.17, 15) is 0 Å². The van der Waals surface area contributed by atoms with Crippen LogP contribution in [0.5, 0.6) is 0 Å². The highest BCUT2D eigenvalue weighted by atomic mass is 35.5. The molecule has 2 N–H and O–H groups in total. The lowest BCUT2D eigenvalue weighted by molar-refractivity contribution is 0.659. The van der Waals surface area contributed by atoms with Crippen molar-refractivity contribution in [2.75, 3.05) is 18.5 Å². The van der Waals surface area contributed by atoms with Gasteiger partial charge in [-0.1, -0.05) is 23.2 Å². The van der Waals surface area contributed by atoms with Crippen LogP contribution in [0.4, 0.5) is 5.69 Å². The Labute approximate surface area is 101 Å². The molecule has 1 unspecified atom stereocenters. The normalized spacial score (nSPS) is 12.6. The highest BCUT2D eigenvalue weighted by Gasteiger charge is 2.04. The Morgan fingerprint density at radius 3 is 2.53 bits per heavy atom. The summed E-state index contributed by atoms with van der Waals surface area (Å²) in [4.78, 5) is 2.12. The molecule has 84 valence electrons. The number of anilines is 1. The van der Waals surface area contributed by atoms with Crippen molar-refractivity contribution < 1.29 is 0 Å². The molecule has 0 aliphatic rings. The Balaban J connectivity index is 2.65. The van der Waals surface area contributed by atoms with Gasteiger partial charge in [-0.15, -0.1) is 0 Å². The first kappa shape index (κ1) is 12.6. The summed E-state index contributed by atoms with van der Waals surface area (Å²) < 4.78 is 0. The summed E-state index contributed by atoms with van der Waals surface area (Å²) in [5, 5.41) is 1.17. The van der Waals surface area contributed by atoms with Gasteiger partial charge in [0.25, 0.3) is 0 Å². The molecule has 4 heteroatoms. The smallest absolute Gasteiger partial charge is 0.0612 e. The third-order valence-electron chi connectivity index (χ3n) is 2.26. The molecule has 1 aromatic carbocycles.